The molecular formula is C21H24N4O4S2. The van der Waals surface area contributed by atoms with Gasteiger partial charge in [-0.2, -0.15) is 0 Å². The molecule has 10 heteroatoms. The van der Waals surface area contributed by atoms with Crippen LogP contribution in [0.4, 0.5) is 5.69 Å². The van der Waals surface area contributed by atoms with Crippen molar-refractivity contribution < 1.29 is 19.0 Å². The molecule has 31 heavy (non-hydrogen) atoms. The van der Waals surface area contributed by atoms with Gasteiger partial charge in [0.2, 0.25) is 5.91 Å². The van der Waals surface area contributed by atoms with Crippen molar-refractivity contribution in [2.24, 2.45) is 0 Å². The van der Waals surface area contributed by atoms with Gasteiger partial charge in [-0.25, -0.2) is 0 Å². The van der Waals surface area contributed by atoms with E-state index in [0.717, 1.165) is 30.2 Å². The van der Waals surface area contributed by atoms with E-state index in [-0.39, 0.29) is 17.8 Å². The van der Waals surface area contributed by atoms with Crippen LogP contribution in [0.15, 0.2) is 40.9 Å². The molecule has 1 unspecified atom stereocenters. The molecular weight excluding hydrogens is 436 g/mol. The molecule has 1 aliphatic heterocycles. The number of thiophene rings is 1. The molecule has 0 bridgehead atoms. The summed E-state index contributed by atoms with van der Waals surface area (Å²) < 4.78 is 18.4. The number of hydrogen-bond donors (Lipinski definition) is 1. The summed E-state index contributed by atoms with van der Waals surface area (Å²) in [7, 11) is 3.14. The first-order valence-electron chi connectivity index (χ1n) is 9.91. The number of hydrogen-bond acceptors (Lipinski definition) is 8. The van der Waals surface area contributed by atoms with Crippen molar-refractivity contribution in [3.8, 4) is 22.2 Å². The lowest BCUT2D eigenvalue weighted by molar-refractivity contribution is -0.113. The number of ether oxygens (including phenoxy) is 3. The van der Waals surface area contributed by atoms with Crippen molar-refractivity contribution in [1.29, 1.82) is 0 Å². The highest BCUT2D eigenvalue weighted by atomic mass is 32.2. The van der Waals surface area contributed by atoms with Gasteiger partial charge in [-0.1, -0.05) is 17.8 Å². The van der Waals surface area contributed by atoms with Crippen molar-refractivity contribution in [1.82, 2.24) is 14.8 Å². The van der Waals surface area contributed by atoms with Gasteiger partial charge < -0.3 is 19.5 Å². The van der Waals surface area contributed by atoms with Crippen molar-refractivity contribution in [2.75, 3.05) is 31.9 Å². The van der Waals surface area contributed by atoms with E-state index in [0.29, 0.717) is 28.9 Å². The van der Waals surface area contributed by atoms with Gasteiger partial charge in [0.15, 0.2) is 11.0 Å². The van der Waals surface area contributed by atoms with E-state index in [1.807, 2.05) is 17.5 Å². The summed E-state index contributed by atoms with van der Waals surface area (Å²) in [6, 6.07) is 9.28. The lowest BCUT2D eigenvalue weighted by atomic mass is 10.2. The van der Waals surface area contributed by atoms with Crippen LogP contribution >= 0.6 is 23.1 Å². The van der Waals surface area contributed by atoms with Crippen molar-refractivity contribution in [3.63, 3.8) is 0 Å². The molecule has 0 spiro atoms. The second kappa shape index (κ2) is 10.2. The highest BCUT2D eigenvalue weighted by Gasteiger charge is 2.22. The summed E-state index contributed by atoms with van der Waals surface area (Å²) in [5, 5.41) is 14.4. The van der Waals surface area contributed by atoms with Crippen LogP contribution in [0.25, 0.3) is 10.7 Å². The van der Waals surface area contributed by atoms with Crippen molar-refractivity contribution in [2.45, 2.75) is 30.6 Å². The van der Waals surface area contributed by atoms with Crippen LogP contribution < -0.4 is 14.8 Å². The van der Waals surface area contributed by atoms with Crippen molar-refractivity contribution in [3.05, 3.63) is 35.7 Å². The highest BCUT2D eigenvalue weighted by Crippen LogP contribution is 2.31. The van der Waals surface area contributed by atoms with Crippen LogP contribution in [-0.4, -0.2) is 53.4 Å². The molecule has 1 amide bonds. The first kappa shape index (κ1) is 21.7. The molecule has 0 saturated carbocycles. The first-order valence-corrected chi connectivity index (χ1v) is 11.8. The third-order valence-corrected chi connectivity index (χ3v) is 6.72. The van der Waals surface area contributed by atoms with Gasteiger partial charge in [-0.3, -0.25) is 9.36 Å². The Morgan fingerprint density at radius 1 is 1.32 bits per heavy atom. The monoisotopic (exact) mass is 460 g/mol. The molecule has 1 aliphatic rings. The number of carbonyl (C=O) groups is 1. The van der Waals surface area contributed by atoms with Gasteiger partial charge in [0.05, 0.1) is 43.2 Å². The zero-order valence-corrected chi connectivity index (χ0v) is 19.0. The molecule has 0 radical (unpaired) electrons. The summed E-state index contributed by atoms with van der Waals surface area (Å²) in [4.78, 5) is 13.6. The number of nitrogens with one attached hydrogen (secondary N) is 1. The number of amides is 1. The Balaban J connectivity index is 1.46. The van der Waals surface area contributed by atoms with Gasteiger partial charge in [0, 0.05) is 12.7 Å². The molecule has 3 aromatic rings. The van der Waals surface area contributed by atoms with Gasteiger partial charge >= 0.3 is 0 Å². The molecule has 1 fully saturated rings. The summed E-state index contributed by atoms with van der Waals surface area (Å²) in [6.07, 6.45) is 2.23. The zero-order chi connectivity index (χ0) is 21.6. The Bertz CT molecular complexity index is 1020. The Morgan fingerprint density at radius 2 is 2.23 bits per heavy atom. The van der Waals surface area contributed by atoms with Crippen LogP contribution in [0.5, 0.6) is 11.5 Å². The van der Waals surface area contributed by atoms with E-state index >= 15 is 0 Å². The normalized spacial score (nSPS) is 15.7. The SMILES string of the molecule is COc1ccc(NC(=O)CSc2nnc(-c3cccs3)n2CC2CCCO2)c(OC)c1. The largest absolute Gasteiger partial charge is 0.497 e. The second-order valence-corrected chi connectivity index (χ2v) is 8.82. The number of aromatic nitrogens is 3. The van der Waals surface area contributed by atoms with E-state index in [1.54, 1.807) is 43.8 Å². The van der Waals surface area contributed by atoms with Crippen LogP contribution in [0, 0.1) is 0 Å². The minimum absolute atomic E-state index is 0.145. The van der Waals surface area contributed by atoms with Gasteiger partial charge in [0.25, 0.3) is 0 Å². The van der Waals surface area contributed by atoms with E-state index < -0.39 is 0 Å². The molecule has 0 aliphatic carbocycles. The molecule has 1 N–H and O–H groups in total. The number of rotatable bonds is 9. The smallest absolute Gasteiger partial charge is 0.234 e. The van der Waals surface area contributed by atoms with Crippen molar-refractivity contribution >= 4 is 34.7 Å². The van der Waals surface area contributed by atoms with Gasteiger partial charge in [-0.15, -0.1) is 21.5 Å². The average molecular weight is 461 g/mol. The number of carbonyl (C=O) groups excluding carboxylic acids is 1. The average Bonchev–Trinajstić information content (AvgIpc) is 3.55. The summed E-state index contributed by atoms with van der Waals surface area (Å²) in [6.45, 7) is 1.46. The quantitative estimate of drug-likeness (QED) is 0.484. The molecule has 3 heterocycles. The molecule has 8 nitrogen and oxygen atoms in total. The maximum Gasteiger partial charge on any atom is 0.234 e. The number of anilines is 1. The zero-order valence-electron chi connectivity index (χ0n) is 17.4. The topological polar surface area (TPSA) is 87.5 Å². The molecule has 1 aromatic carbocycles. The molecule has 1 saturated heterocycles. The summed E-state index contributed by atoms with van der Waals surface area (Å²) >= 11 is 2.98. The third-order valence-electron chi connectivity index (χ3n) is 4.88. The molecule has 2 aromatic heterocycles. The Hall–Kier alpha value is -2.56. The molecule has 4 rings (SSSR count). The minimum Gasteiger partial charge on any atom is -0.497 e. The number of thioether (sulfide) groups is 1. The maximum atomic E-state index is 12.6. The lowest BCUT2D eigenvalue weighted by Gasteiger charge is -2.14. The highest BCUT2D eigenvalue weighted by molar-refractivity contribution is 7.99. The molecule has 164 valence electrons. The fourth-order valence-corrected chi connectivity index (χ4v) is 4.82. The fraction of sp³-hybridized carbons (Fsp3) is 0.381. The predicted octanol–water partition coefficient (Wildman–Crippen LogP) is 3.93. The predicted molar refractivity (Wildman–Crippen MR) is 121 cm³/mol. The Kier molecular flexibility index (Phi) is 7.10. The second-order valence-electron chi connectivity index (χ2n) is 6.93. The lowest BCUT2D eigenvalue weighted by Crippen LogP contribution is -2.18. The number of nitrogens with zero attached hydrogens (tertiary/aromatic N) is 3. The minimum atomic E-state index is -0.155. The van der Waals surface area contributed by atoms with Crippen LogP contribution in [0.2, 0.25) is 0 Å². The van der Waals surface area contributed by atoms with Crippen LogP contribution in [-0.2, 0) is 16.1 Å². The Morgan fingerprint density at radius 3 is 2.94 bits per heavy atom. The third kappa shape index (κ3) is 5.20. The summed E-state index contributed by atoms with van der Waals surface area (Å²) in [5.41, 5.74) is 0.592. The first-order chi connectivity index (χ1) is 15.2. The van der Waals surface area contributed by atoms with E-state index in [9.17, 15) is 4.79 Å². The van der Waals surface area contributed by atoms with Crippen LogP contribution in [0.1, 0.15) is 12.8 Å². The Labute approximate surface area is 188 Å². The van der Waals surface area contributed by atoms with E-state index in [1.165, 1.54) is 11.8 Å². The van der Waals surface area contributed by atoms with Gasteiger partial charge in [0.1, 0.15) is 11.5 Å². The van der Waals surface area contributed by atoms with Crippen LogP contribution in [0.3, 0.4) is 0 Å². The standard InChI is InChI=1S/C21H24N4O4S2/c1-27-14-7-8-16(17(11-14)28-2)22-19(26)13-31-21-24-23-20(18-6-4-10-30-18)25(21)12-15-5-3-9-29-15/h4,6-8,10-11,15H,3,5,9,12-13H2,1-2H3,(H,22,26). The number of methoxy groups -OCH3 is 2. The summed E-state index contributed by atoms with van der Waals surface area (Å²) in [5.74, 6) is 2.05. The van der Waals surface area contributed by atoms with Gasteiger partial charge in [-0.05, 0) is 36.4 Å². The maximum absolute atomic E-state index is 12.6. The van der Waals surface area contributed by atoms with E-state index in [4.69, 9.17) is 14.2 Å². The number of benzene rings is 1. The van der Waals surface area contributed by atoms with E-state index in [2.05, 4.69) is 20.1 Å². The fourth-order valence-electron chi connectivity index (χ4n) is 3.36. The molecule has 1 atom stereocenters.